The van der Waals surface area contributed by atoms with Crippen LogP contribution in [-0.2, 0) is 13.7 Å². The minimum absolute atomic E-state index is 0. The molecule has 0 radical (unpaired) electrons. The van der Waals surface area contributed by atoms with E-state index >= 15 is 0 Å². The molecule has 3 atom stereocenters. The summed E-state index contributed by atoms with van der Waals surface area (Å²) in [6.07, 6.45) is -18.8. The molecule has 0 aromatic rings. The van der Waals surface area contributed by atoms with Gasteiger partial charge in [-0.2, -0.15) is 65.9 Å². The number of alkyl halides is 15. The van der Waals surface area contributed by atoms with E-state index < -0.39 is 58.3 Å². The van der Waals surface area contributed by atoms with Gasteiger partial charge in [0.25, 0.3) is 0 Å². The topological polar surface area (TPSA) is 181 Å². The summed E-state index contributed by atoms with van der Waals surface area (Å²) < 4.78 is 197. The van der Waals surface area contributed by atoms with Crippen molar-refractivity contribution in [3.8, 4) is 0 Å². The molecule has 204 valence electrons. The standard InChI is InChI=1S/3C2H2F5O3P.Al/c3*3-1(4,5)2(6,7)11(8,9)10;/h3*(H2,8,9,10);/q;;;+3/p-3. The second-order valence-corrected chi connectivity index (χ2v) is 9.49. The Bertz CT molecular complexity index is 682. The van der Waals surface area contributed by atoms with Gasteiger partial charge in [-0.15, -0.1) is 0 Å². The fraction of sp³-hybridized carbons (Fsp3) is 1.00. The fourth-order valence-corrected chi connectivity index (χ4v) is 1.44. The number of hydrogen-bond donors (Lipinski definition) is 3. The van der Waals surface area contributed by atoms with E-state index in [-0.39, 0.29) is 17.4 Å². The Balaban J connectivity index is -0.000000196. The number of rotatable bonds is 3. The Hall–Kier alpha value is -0.0675. The SMILES string of the molecule is O=P([O-])(O)C(F)(F)C(F)(F)F.O=P([O-])(O)C(F)(F)C(F)(F)F.O=P([O-])(O)C(F)(F)C(F)(F)F.[Al+3]. The molecular formula is C6H3AlF15O9P3. The van der Waals surface area contributed by atoms with E-state index in [1.54, 1.807) is 0 Å². The molecule has 0 rings (SSSR count). The smallest absolute Gasteiger partial charge is 0.774 e. The molecule has 0 aromatic carbocycles. The average molecular weight is 624 g/mol. The van der Waals surface area contributed by atoms with Crippen molar-refractivity contribution in [2.45, 2.75) is 35.5 Å². The first-order chi connectivity index (χ1) is 13.5. The van der Waals surface area contributed by atoms with Crippen LogP contribution in [0, 0.1) is 0 Å². The van der Waals surface area contributed by atoms with Gasteiger partial charge in [-0.3, -0.25) is 0 Å². The summed E-state index contributed by atoms with van der Waals surface area (Å²) in [7, 11) is -20.1. The van der Waals surface area contributed by atoms with Gasteiger partial charge in [0, 0.05) is 0 Å². The van der Waals surface area contributed by atoms with Crippen molar-refractivity contribution in [3.05, 3.63) is 0 Å². The molecule has 0 heterocycles. The van der Waals surface area contributed by atoms with Crippen molar-refractivity contribution in [1.82, 2.24) is 0 Å². The van der Waals surface area contributed by atoms with Crippen molar-refractivity contribution in [2.75, 3.05) is 0 Å². The van der Waals surface area contributed by atoms with Gasteiger partial charge in [0.1, 0.15) is 0 Å². The van der Waals surface area contributed by atoms with E-state index in [9.17, 15) is 94.2 Å². The van der Waals surface area contributed by atoms with Gasteiger partial charge < -0.3 is 43.1 Å². The summed E-state index contributed by atoms with van der Waals surface area (Å²) in [5.41, 5.74) is -18.2. The van der Waals surface area contributed by atoms with E-state index in [1.807, 2.05) is 0 Å². The molecule has 0 spiro atoms. The van der Waals surface area contributed by atoms with Crippen molar-refractivity contribution < 1.29 is 109 Å². The molecule has 0 aromatic heterocycles. The maximum Gasteiger partial charge on any atom is 3.00 e. The summed E-state index contributed by atoms with van der Waals surface area (Å²) >= 11 is 0. The summed E-state index contributed by atoms with van der Waals surface area (Å²) in [6.45, 7) is 0. The molecule has 0 saturated carbocycles. The van der Waals surface area contributed by atoms with Crippen molar-refractivity contribution in [1.29, 1.82) is 0 Å². The third-order valence-electron chi connectivity index (χ3n) is 2.09. The molecule has 0 aliphatic rings. The second kappa shape index (κ2) is 11.5. The maximum atomic E-state index is 11.5. The molecular weight excluding hydrogens is 621 g/mol. The van der Waals surface area contributed by atoms with Crippen LogP contribution in [0.1, 0.15) is 0 Å². The molecule has 28 heteroatoms. The van der Waals surface area contributed by atoms with E-state index in [2.05, 4.69) is 0 Å². The molecule has 0 aliphatic heterocycles. The van der Waals surface area contributed by atoms with Gasteiger partial charge in [-0.25, -0.2) is 0 Å². The van der Waals surface area contributed by atoms with Crippen LogP contribution in [0.2, 0.25) is 0 Å². The van der Waals surface area contributed by atoms with Gasteiger partial charge in [0.05, 0.1) is 0 Å². The van der Waals surface area contributed by atoms with Crippen LogP contribution in [-0.4, -0.2) is 67.6 Å². The number of hydrogen-bond acceptors (Lipinski definition) is 6. The maximum absolute atomic E-state index is 11.5. The van der Waals surface area contributed by atoms with Gasteiger partial charge in [-0.05, 0) is 0 Å². The number of halogens is 15. The van der Waals surface area contributed by atoms with Gasteiger partial charge >= 0.3 is 52.9 Å². The van der Waals surface area contributed by atoms with Crippen molar-refractivity contribution in [2.24, 2.45) is 0 Å². The second-order valence-electron chi connectivity index (χ2n) is 4.68. The van der Waals surface area contributed by atoms with Crippen LogP contribution in [0.3, 0.4) is 0 Å². The minimum atomic E-state index is -6.70. The Labute approximate surface area is 185 Å². The Morgan fingerprint density at radius 3 is 0.500 bits per heavy atom. The summed E-state index contributed by atoms with van der Waals surface area (Å²) in [4.78, 5) is 50.5. The zero-order chi connectivity index (χ0) is 28.5. The van der Waals surface area contributed by atoms with Crippen LogP contribution >= 0.6 is 22.8 Å². The van der Waals surface area contributed by atoms with Crippen molar-refractivity contribution in [3.63, 3.8) is 0 Å². The minimum Gasteiger partial charge on any atom is -0.774 e. The first kappa shape index (κ1) is 41.1. The third kappa shape index (κ3) is 10.5. The molecule has 3 N–H and O–H groups in total. The van der Waals surface area contributed by atoms with Crippen LogP contribution in [0.15, 0.2) is 0 Å². The van der Waals surface area contributed by atoms with Crippen LogP contribution in [0.25, 0.3) is 0 Å². The first-order valence-corrected chi connectivity index (χ1v) is 10.7. The third-order valence-corrected chi connectivity index (χ3v) is 4.98. The zero-order valence-electron chi connectivity index (χ0n) is 14.4. The van der Waals surface area contributed by atoms with Gasteiger partial charge in [0.15, 0.2) is 0 Å². The molecule has 0 saturated heterocycles. The monoisotopic (exact) mass is 624 g/mol. The molecule has 0 fully saturated rings. The van der Waals surface area contributed by atoms with E-state index in [1.165, 1.54) is 0 Å². The Kier molecular flexibility index (Phi) is 13.9. The van der Waals surface area contributed by atoms with Gasteiger partial charge in [-0.1, -0.05) is 0 Å². The first-order valence-electron chi connectivity index (χ1n) is 5.95. The quantitative estimate of drug-likeness (QED) is 0.239. The molecule has 34 heavy (non-hydrogen) atoms. The van der Waals surface area contributed by atoms with E-state index in [0.29, 0.717) is 0 Å². The van der Waals surface area contributed by atoms with Crippen LogP contribution < -0.4 is 14.7 Å². The molecule has 3 unspecified atom stereocenters. The van der Waals surface area contributed by atoms with Crippen molar-refractivity contribution >= 4 is 40.1 Å². The predicted octanol–water partition coefficient (Wildman–Crippen LogP) is 1.68. The van der Waals surface area contributed by atoms with E-state index in [4.69, 9.17) is 14.7 Å². The Morgan fingerprint density at radius 1 is 0.412 bits per heavy atom. The molecule has 0 amide bonds. The van der Waals surface area contributed by atoms with Crippen LogP contribution in [0.4, 0.5) is 65.9 Å². The van der Waals surface area contributed by atoms with Crippen LogP contribution in [0.5, 0.6) is 0 Å². The summed E-state index contributed by atoms with van der Waals surface area (Å²) in [5.74, 6) is 0. The van der Waals surface area contributed by atoms with E-state index in [0.717, 1.165) is 0 Å². The predicted molar refractivity (Wildman–Crippen MR) is 68.2 cm³/mol. The Morgan fingerprint density at radius 2 is 0.500 bits per heavy atom. The van der Waals surface area contributed by atoms with Gasteiger partial charge in [0.2, 0.25) is 22.8 Å². The average Bonchev–Trinajstić information content (AvgIpc) is 2.41. The zero-order valence-corrected chi connectivity index (χ0v) is 18.2. The normalized spacial score (nSPS) is 19.0. The fourth-order valence-electron chi connectivity index (χ4n) is 0.481. The summed E-state index contributed by atoms with van der Waals surface area (Å²) in [5, 5.41) is 0. The molecule has 9 nitrogen and oxygen atoms in total. The summed E-state index contributed by atoms with van der Waals surface area (Å²) in [6, 6.07) is 0. The largest absolute Gasteiger partial charge is 3.00 e. The molecule has 0 aliphatic carbocycles. The molecule has 0 bridgehead atoms.